The maximum Gasteiger partial charge on any atom is 0.409 e. The molecule has 0 aromatic heterocycles. The lowest BCUT2D eigenvalue weighted by molar-refractivity contribution is -0.185. The van der Waals surface area contributed by atoms with Crippen LogP contribution in [0.1, 0.15) is 6.92 Å². The topological polar surface area (TPSA) is 6.48 Å². The number of rotatable bonds is 0. The predicted octanol–water partition coefficient (Wildman–Crippen LogP) is 1.61. The van der Waals surface area contributed by atoms with Gasteiger partial charge in [0.05, 0.1) is 0 Å². The van der Waals surface area contributed by atoms with E-state index in [0.717, 1.165) is 5.01 Å². The zero-order chi connectivity index (χ0) is 9.52. The van der Waals surface area contributed by atoms with Crippen LogP contribution >= 0.6 is 0 Å². The van der Waals surface area contributed by atoms with Crippen LogP contribution < -0.4 is 0 Å². The van der Waals surface area contributed by atoms with Crippen molar-refractivity contribution in [2.45, 2.75) is 19.1 Å². The molecule has 1 rings (SSSR count). The molecule has 0 amide bonds. The third-order valence-corrected chi connectivity index (χ3v) is 2.00. The van der Waals surface area contributed by atoms with Gasteiger partial charge >= 0.3 is 6.18 Å². The number of alkyl halides is 3. The van der Waals surface area contributed by atoms with Crippen LogP contribution in [-0.2, 0) is 0 Å². The second-order valence-corrected chi connectivity index (χ2v) is 2.96. The van der Waals surface area contributed by atoms with E-state index in [0.29, 0.717) is 5.57 Å². The number of nitrogens with zero attached hydrogens (tertiary/aromatic N) is 2. The monoisotopic (exact) mass is 180 g/mol. The molecule has 0 radical (unpaired) electrons. The van der Waals surface area contributed by atoms with Crippen LogP contribution in [0, 0.1) is 0 Å². The zero-order valence-electron chi connectivity index (χ0n) is 7.18. The molecule has 0 aliphatic carbocycles. The van der Waals surface area contributed by atoms with Crippen molar-refractivity contribution in [3.8, 4) is 0 Å². The zero-order valence-corrected chi connectivity index (χ0v) is 7.18. The maximum atomic E-state index is 12.3. The molecule has 0 aromatic rings. The predicted molar refractivity (Wildman–Crippen MR) is 39.1 cm³/mol. The minimum atomic E-state index is -4.18. The van der Waals surface area contributed by atoms with Crippen molar-refractivity contribution in [3.05, 3.63) is 11.8 Å². The van der Waals surface area contributed by atoms with Gasteiger partial charge in [-0.25, -0.2) is 5.01 Å². The minimum Gasteiger partial charge on any atom is -0.315 e. The van der Waals surface area contributed by atoms with Crippen molar-refractivity contribution in [3.63, 3.8) is 0 Å². The van der Waals surface area contributed by atoms with Gasteiger partial charge in [0.25, 0.3) is 0 Å². The average Bonchev–Trinajstić information content (AvgIpc) is 2.05. The van der Waals surface area contributed by atoms with Gasteiger partial charge in [-0.1, -0.05) is 0 Å². The first-order valence-corrected chi connectivity index (χ1v) is 3.54. The van der Waals surface area contributed by atoms with Gasteiger partial charge in [-0.05, 0) is 12.5 Å². The van der Waals surface area contributed by atoms with Crippen LogP contribution in [0.15, 0.2) is 11.8 Å². The summed E-state index contributed by atoms with van der Waals surface area (Å²) >= 11 is 0. The number of hydrogen-bond donors (Lipinski definition) is 0. The number of hydrazine groups is 1. The molecule has 12 heavy (non-hydrogen) atoms. The van der Waals surface area contributed by atoms with E-state index in [1.807, 2.05) is 0 Å². The van der Waals surface area contributed by atoms with Crippen molar-refractivity contribution in [1.29, 1.82) is 0 Å². The molecule has 0 bridgehead atoms. The Morgan fingerprint density at radius 2 is 1.83 bits per heavy atom. The molecule has 0 aromatic carbocycles. The highest BCUT2D eigenvalue weighted by atomic mass is 19.4. The SMILES string of the molecule is CC1=CN(C)N(C)C1C(F)(F)F. The second kappa shape index (κ2) is 2.65. The van der Waals surface area contributed by atoms with E-state index in [-0.39, 0.29) is 0 Å². The van der Waals surface area contributed by atoms with Crippen molar-refractivity contribution >= 4 is 0 Å². The Morgan fingerprint density at radius 1 is 1.33 bits per heavy atom. The van der Waals surface area contributed by atoms with Crippen molar-refractivity contribution in [1.82, 2.24) is 10.0 Å². The minimum absolute atomic E-state index is 0.326. The van der Waals surface area contributed by atoms with Crippen LogP contribution in [0.25, 0.3) is 0 Å². The van der Waals surface area contributed by atoms with Crippen LogP contribution in [0.3, 0.4) is 0 Å². The Morgan fingerprint density at radius 3 is 2.00 bits per heavy atom. The van der Waals surface area contributed by atoms with E-state index in [1.165, 1.54) is 25.2 Å². The summed E-state index contributed by atoms with van der Waals surface area (Å²) in [5, 5.41) is 2.60. The van der Waals surface area contributed by atoms with Gasteiger partial charge in [0.1, 0.15) is 6.04 Å². The molecule has 0 spiro atoms. The van der Waals surface area contributed by atoms with E-state index in [4.69, 9.17) is 0 Å². The number of halogens is 3. The summed E-state index contributed by atoms with van der Waals surface area (Å²) in [6.45, 7) is 1.48. The van der Waals surface area contributed by atoms with Crippen LogP contribution in [0.5, 0.6) is 0 Å². The molecule has 0 N–H and O–H groups in total. The molecule has 1 aliphatic heterocycles. The maximum absolute atomic E-state index is 12.3. The molecule has 70 valence electrons. The first-order chi connectivity index (χ1) is 5.34. The third-order valence-electron chi connectivity index (χ3n) is 2.00. The highest BCUT2D eigenvalue weighted by molar-refractivity contribution is 5.14. The second-order valence-electron chi connectivity index (χ2n) is 2.96. The Bertz CT molecular complexity index is 209. The Labute approximate surface area is 69.2 Å². The van der Waals surface area contributed by atoms with Gasteiger partial charge < -0.3 is 5.01 Å². The third kappa shape index (κ3) is 1.41. The van der Waals surface area contributed by atoms with Crippen molar-refractivity contribution < 1.29 is 13.2 Å². The molecular formula is C7H11F3N2. The molecule has 2 nitrogen and oxygen atoms in total. The summed E-state index contributed by atoms with van der Waals surface area (Å²) in [6.07, 6.45) is -2.70. The van der Waals surface area contributed by atoms with E-state index < -0.39 is 12.2 Å². The Kier molecular flexibility index (Phi) is 2.07. The molecule has 1 heterocycles. The largest absolute Gasteiger partial charge is 0.409 e. The van der Waals surface area contributed by atoms with E-state index >= 15 is 0 Å². The molecule has 0 saturated heterocycles. The summed E-state index contributed by atoms with van der Waals surface area (Å²) in [6, 6.07) is -1.46. The van der Waals surface area contributed by atoms with E-state index in [9.17, 15) is 13.2 Å². The summed E-state index contributed by atoms with van der Waals surface area (Å²) in [7, 11) is 3.01. The standard InChI is InChI=1S/C7H11F3N2/c1-5-4-11(2)12(3)6(5)7(8,9)10/h4,6H,1-3H3. The van der Waals surface area contributed by atoms with Crippen molar-refractivity contribution in [2.75, 3.05) is 14.1 Å². The molecule has 1 atom stereocenters. The summed E-state index contributed by atoms with van der Waals surface area (Å²) in [5.41, 5.74) is 0.326. The van der Waals surface area contributed by atoms with E-state index in [2.05, 4.69) is 0 Å². The first kappa shape index (κ1) is 9.38. The van der Waals surface area contributed by atoms with E-state index in [1.54, 1.807) is 7.05 Å². The quantitative estimate of drug-likeness (QED) is 0.558. The lowest BCUT2D eigenvalue weighted by Crippen LogP contribution is -2.45. The first-order valence-electron chi connectivity index (χ1n) is 3.54. The molecule has 1 aliphatic rings. The van der Waals surface area contributed by atoms with Gasteiger partial charge in [-0.15, -0.1) is 0 Å². The molecule has 1 unspecified atom stereocenters. The fourth-order valence-electron chi connectivity index (χ4n) is 1.40. The van der Waals surface area contributed by atoms with Crippen molar-refractivity contribution in [2.24, 2.45) is 0 Å². The Hall–Kier alpha value is -0.710. The molecule has 0 fully saturated rings. The molecular weight excluding hydrogens is 169 g/mol. The summed E-state index contributed by atoms with van der Waals surface area (Å²) < 4.78 is 37.0. The number of likely N-dealkylation sites (N-methyl/N-ethyl adjacent to an activating group) is 1. The number of hydrogen-bond acceptors (Lipinski definition) is 2. The van der Waals surface area contributed by atoms with Gasteiger partial charge in [0.2, 0.25) is 0 Å². The van der Waals surface area contributed by atoms with Gasteiger partial charge in [0.15, 0.2) is 0 Å². The highest BCUT2D eigenvalue weighted by Crippen LogP contribution is 2.33. The molecule has 5 heteroatoms. The summed E-state index contributed by atoms with van der Waals surface area (Å²) in [4.78, 5) is 0. The normalized spacial score (nSPS) is 26.3. The smallest absolute Gasteiger partial charge is 0.315 e. The molecule has 0 saturated carbocycles. The van der Waals surface area contributed by atoms with Crippen LogP contribution in [0.2, 0.25) is 0 Å². The summed E-state index contributed by atoms with van der Waals surface area (Å²) in [5.74, 6) is 0. The lowest BCUT2D eigenvalue weighted by Gasteiger charge is -2.28. The van der Waals surface area contributed by atoms with Gasteiger partial charge in [-0.3, -0.25) is 0 Å². The van der Waals surface area contributed by atoms with Gasteiger partial charge in [0, 0.05) is 20.3 Å². The Balaban J connectivity index is 2.87. The van der Waals surface area contributed by atoms with Gasteiger partial charge in [-0.2, -0.15) is 13.2 Å². The fraction of sp³-hybridized carbons (Fsp3) is 0.714. The van der Waals surface area contributed by atoms with Crippen LogP contribution in [-0.4, -0.2) is 36.3 Å². The lowest BCUT2D eigenvalue weighted by atomic mass is 10.1. The van der Waals surface area contributed by atoms with Crippen LogP contribution in [0.4, 0.5) is 13.2 Å². The fourth-order valence-corrected chi connectivity index (χ4v) is 1.40. The highest BCUT2D eigenvalue weighted by Gasteiger charge is 2.47. The average molecular weight is 180 g/mol.